The molecular weight excluding hydrogens is 372 g/mol. The highest BCUT2D eigenvalue weighted by atomic mass is 32.2. The fraction of sp³-hybridized carbons (Fsp3) is 0.333. The average molecular weight is 393 g/mol. The van der Waals surface area contributed by atoms with E-state index in [4.69, 9.17) is 12.2 Å². The summed E-state index contributed by atoms with van der Waals surface area (Å²) in [6.07, 6.45) is 3.70. The fourth-order valence-corrected chi connectivity index (χ4v) is 3.51. The summed E-state index contributed by atoms with van der Waals surface area (Å²) in [7, 11) is 1.63. The standard InChI is InChI=1S/C18H20N2O4S2/c1-3-4-5-13(17(23)24)19-15(21)12-8-6-11(7-9-12)10-14-16(22)20(2)18(25)26-14/h6-10,13H,3-5H2,1-2H3,(H,19,21)(H,23,24)/b14-10-. The Kier molecular flexibility index (Phi) is 6.93. The number of thioether (sulfide) groups is 1. The molecule has 1 aromatic carbocycles. The van der Waals surface area contributed by atoms with E-state index in [1.54, 1.807) is 37.4 Å². The van der Waals surface area contributed by atoms with Crippen LogP contribution >= 0.6 is 24.0 Å². The Morgan fingerprint density at radius 3 is 2.50 bits per heavy atom. The van der Waals surface area contributed by atoms with Crippen molar-refractivity contribution in [2.75, 3.05) is 7.05 Å². The number of aliphatic carboxylic acids is 1. The third kappa shape index (κ3) is 4.92. The molecular formula is C18H20N2O4S2. The van der Waals surface area contributed by atoms with Gasteiger partial charge >= 0.3 is 5.97 Å². The number of benzene rings is 1. The van der Waals surface area contributed by atoms with Crippen LogP contribution in [0.2, 0.25) is 0 Å². The molecule has 1 fully saturated rings. The molecule has 0 aromatic heterocycles. The molecule has 26 heavy (non-hydrogen) atoms. The van der Waals surface area contributed by atoms with E-state index >= 15 is 0 Å². The van der Waals surface area contributed by atoms with Crippen LogP contribution in [-0.2, 0) is 9.59 Å². The number of likely N-dealkylation sites (N-methyl/N-ethyl adjacent to an activating group) is 1. The number of nitrogens with one attached hydrogen (secondary N) is 1. The van der Waals surface area contributed by atoms with Crippen molar-refractivity contribution in [3.63, 3.8) is 0 Å². The third-order valence-corrected chi connectivity index (χ3v) is 5.39. The van der Waals surface area contributed by atoms with E-state index < -0.39 is 17.9 Å². The molecule has 0 spiro atoms. The van der Waals surface area contributed by atoms with Gasteiger partial charge in [0.15, 0.2) is 0 Å². The van der Waals surface area contributed by atoms with Crippen LogP contribution in [0.5, 0.6) is 0 Å². The first-order valence-electron chi connectivity index (χ1n) is 8.18. The van der Waals surface area contributed by atoms with Crippen LogP contribution in [-0.4, -0.2) is 45.2 Å². The maximum Gasteiger partial charge on any atom is 0.326 e. The molecule has 1 aromatic rings. The van der Waals surface area contributed by atoms with Crippen LogP contribution in [0.1, 0.15) is 42.1 Å². The Morgan fingerprint density at radius 1 is 1.35 bits per heavy atom. The molecule has 1 saturated heterocycles. The lowest BCUT2D eigenvalue weighted by molar-refractivity contribution is -0.139. The fourth-order valence-electron chi connectivity index (χ4n) is 2.33. The van der Waals surface area contributed by atoms with Crippen LogP contribution in [0.25, 0.3) is 6.08 Å². The highest BCUT2D eigenvalue weighted by molar-refractivity contribution is 8.26. The van der Waals surface area contributed by atoms with Gasteiger partial charge < -0.3 is 10.4 Å². The predicted octanol–water partition coefficient (Wildman–Crippen LogP) is 2.89. The molecule has 1 heterocycles. The number of carbonyl (C=O) groups excluding carboxylic acids is 2. The van der Waals surface area contributed by atoms with Crippen LogP contribution in [0, 0.1) is 0 Å². The largest absolute Gasteiger partial charge is 0.480 e. The van der Waals surface area contributed by atoms with Crippen molar-refractivity contribution in [3.8, 4) is 0 Å². The Morgan fingerprint density at radius 2 is 2.00 bits per heavy atom. The van der Waals surface area contributed by atoms with E-state index in [0.717, 1.165) is 18.4 Å². The lowest BCUT2D eigenvalue weighted by Gasteiger charge is -2.14. The zero-order valence-electron chi connectivity index (χ0n) is 14.5. The number of carboxylic acids is 1. The first kappa shape index (κ1) is 20.1. The Balaban J connectivity index is 2.07. The van der Waals surface area contributed by atoms with Gasteiger partial charge in [0.25, 0.3) is 11.8 Å². The smallest absolute Gasteiger partial charge is 0.326 e. The predicted molar refractivity (Wildman–Crippen MR) is 106 cm³/mol. The Bertz CT molecular complexity index is 759. The first-order chi connectivity index (χ1) is 12.3. The second-order valence-electron chi connectivity index (χ2n) is 5.87. The molecule has 1 unspecified atom stereocenters. The lowest BCUT2D eigenvalue weighted by Crippen LogP contribution is -2.40. The van der Waals surface area contributed by atoms with Gasteiger partial charge in [-0.1, -0.05) is 55.9 Å². The van der Waals surface area contributed by atoms with Gasteiger partial charge in [0.2, 0.25) is 0 Å². The highest BCUT2D eigenvalue weighted by Crippen LogP contribution is 2.31. The molecule has 2 N–H and O–H groups in total. The number of amides is 2. The molecule has 0 radical (unpaired) electrons. The number of hydrogen-bond acceptors (Lipinski definition) is 5. The van der Waals surface area contributed by atoms with E-state index in [1.807, 2.05) is 6.92 Å². The summed E-state index contributed by atoms with van der Waals surface area (Å²) in [5.41, 5.74) is 1.13. The molecule has 6 nitrogen and oxygen atoms in total. The number of hydrogen-bond donors (Lipinski definition) is 2. The summed E-state index contributed by atoms with van der Waals surface area (Å²) in [5.74, 6) is -1.62. The second-order valence-corrected chi connectivity index (χ2v) is 7.55. The molecule has 1 aliphatic heterocycles. The summed E-state index contributed by atoms with van der Waals surface area (Å²) in [6, 6.07) is 5.73. The molecule has 2 rings (SSSR count). The number of nitrogens with zero attached hydrogens (tertiary/aromatic N) is 1. The van der Waals surface area contributed by atoms with E-state index in [2.05, 4.69) is 5.32 Å². The molecule has 8 heteroatoms. The van der Waals surface area contributed by atoms with Crippen LogP contribution in [0.4, 0.5) is 0 Å². The van der Waals surface area contributed by atoms with Crippen LogP contribution in [0.3, 0.4) is 0 Å². The van der Waals surface area contributed by atoms with E-state index in [-0.39, 0.29) is 5.91 Å². The minimum atomic E-state index is -1.04. The van der Waals surface area contributed by atoms with Gasteiger partial charge in [-0.2, -0.15) is 0 Å². The van der Waals surface area contributed by atoms with Crippen molar-refractivity contribution in [2.24, 2.45) is 0 Å². The second kappa shape index (κ2) is 8.95. The van der Waals surface area contributed by atoms with Gasteiger partial charge in [-0.25, -0.2) is 4.79 Å². The number of unbranched alkanes of at least 4 members (excludes halogenated alkanes) is 1. The van der Waals surface area contributed by atoms with Gasteiger partial charge in [0.1, 0.15) is 10.4 Å². The van der Waals surface area contributed by atoms with Gasteiger partial charge in [-0.05, 0) is 30.2 Å². The first-order valence-corrected chi connectivity index (χ1v) is 9.41. The summed E-state index contributed by atoms with van der Waals surface area (Å²) in [5, 5.41) is 11.7. The van der Waals surface area contributed by atoms with Crippen molar-refractivity contribution in [2.45, 2.75) is 32.2 Å². The van der Waals surface area contributed by atoms with Crippen molar-refractivity contribution in [1.82, 2.24) is 10.2 Å². The maximum absolute atomic E-state index is 12.2. The molecule has 0 saturated carbocycles. The zero-order valence-corrected chi connectivity index (χ0v) is 16.2. The SMILES string of the molecule is CCCCC(NC(=O)c1ccc(/C=C2\SC(=S)N(C)C2=O)cc1)C(=O)O. The van der Waals surface area contributed by atoms with Crippen LogP contribution in [0.15, 0.2) is 29.2 Å². The molecule has 0 aliphatic carbocycles. The summed E-state index contributed by atoms with van der Waals surface area (Å²) in [4.78, 5) is 37.4. The topological polar surface area (TPSA) is 86.7 Å². The molecule has 1 aliphatic rings. The lowest BCUT2D eigenvalue weighted by atomic mass is 10.1. The van der Waals surface area contributed by atoms with Gasteiger partial charge in [-0.3, -0.25) is 14.5 Å². The minimum absolute atomic E-state index is 0.151. The summed E-state index contributed by atoms with van der Waals surface area (Å²) < 4.78 is 0.504. The number of carbonyl (C=O) groups is 3. The monoisotopic (exact) mass is 392 g/mol. The molecule has 2 amide bonds. The molecule has 0 bridgehead atoms. The highest BCUT2D eigenvalue weighted by Gasteiger charge is 2.28. The number of rotatable bonds is 7. The number of thiocarbonyl (C=S) groups is 1. The van der Waals surface area contributed by atoms with Gasteiger partial charge in [0, 0.05) is 12.6 Å². The van der Waals surface area contributed by atoms with Gasteiger partial charge in [-0.15, -0.1) is 0 Å². The quantitative estimate of drug-likeness (QED) is 0.548. The third-order valence-electron chi connectivity index (χ3n) is 3.91. The van der Waals surface area contributed by atoms with Gasteiger partial charge in [0.05, 0.1) is 4.91 Å². The minimum Gasteiger partial charge on any atom is -0.480 e. The molecule has 138 valence electrons. The van der Waals surface area contributed by atoms with Crippen molar-refractivity contribution in [1.29, 1.82) is 0 Å². The summed E-state index contributed by atoms with van der Waals surface area (Å²) >= 11 is 6.32. The van der Waals surface area contributed by atoms with E-state index in [9.17, 15) is 19.5 Å². The van der Waals surface area contributed by atoms with Crippen molar-refractivity contribution >= 4 is 52.2 Å². The summed E-state index contributed by atoms with van der Waals surface area (Å²) in [6.45, 7) is 1.96. The zero-order chi connectivity index (χ0) is 19.3. The van der Waals surface area contributed by atoms with Crippen molar-refractivity contribution in [3.05, 3.63) is 40.3 Å². The normalized spacial score (nSPS) is 16.8. The van der Waals surface area contributed by atoms with Crippen molar-refractivity contribution < 1.29 is 19.5 Å². The molecule has 1 atom stereocenters. The maximum atomic E-state index is 12.2. The van der Waals surface area contributed by atoms with E-state index in [0.29, 0.717) is 21.2 Å². The van der Waals surface area contributed by atoms with E-state index in [1.165, 1.54) is 16.7 Å². The number of carboxylic acid groups (broad SMARTS) is 1. The van der Waals surface area contributed by atoms with Crippen LogP contribution < -0.4 is 5.32 Å². The average Bonchev–Trinajstić information content (AvgIpc) is 2.85. The Hall–Kier alpha value is -2.19. The Labute approximate surface area is 161 Å².